The number of likely N-dealkylation sites (N-methyl/N-ethyl adjacent to an activating group) is 1. The SMILES string of the molecule is Cc1cc(-c2cnc(N)c(-n3cc(O)cn3)n2)cc2c1CCN(C)C2. The summed E-state index contributed by atoms with van der Waals surface area (Å²) in [5.74, 6) is 0.728. The average Bonchev–Trinajstić information content (AvgIpc) is 3.01. The molecule has 0 aliphatic carbocycles. The molecular formula is C18H20N6O. The Balaban J connectivity index is 1.80. The lowest BCUT2D eigenvalue weighted by Gasteiger charge is -2.27. The number of nitrogen functional groups attached to an aromatic ring is 1. The lowest BCUT2D eigenvalue weighted by atomic mass is 9.92. The lowest BCUT2D eigenvalue weighted by Crippen LogP contribution is -2.27. The van der Waals surface area contributed by atoms with Gasteiger partial charge in [0.15, 0.2) is 17.4 Å². The maximum atomic E-state index is 9.51. The van der Waals surface area contributed by atoms with E-state index < -0.39 is 0 Å². The van der Waals surface area contributed by atoms with Gasteiger partial charge in [0.25, 0.3) is 0 Å². The molecule has 7 nitrogen and oxygen atoms in total. The molecule has 7 heteroatoms. The van der Waals surface area contributed by atoms with Crippen molar-refractivity contribution in [2.75, 3.05) is 19.3 Å². The minimum atomic E-state index is 0.0549. The number of benzene rings is 1. The van der Waals surface area contributed by atoms with Crippen molar-refractivity contribution < 1.29 is 5.11 Å². The second-order valence-electron chi connectivity index (χ2n) is 6.53. The van der Waals surface area contributed by atoms with Crippen LogP contribution < -0.4 is 5.73 Å². The van der Waals surface area contributed by atoms with Gasteiger partial charge in [0.2, 0.25) is 0 Å². The number of aromatic hydroxyl groups is 1. The second-order valence-corrected chi connectivity index (χ2v) is 6.53. The molecule has 0 atom stereocenters. The zero-order chi connectivity index (χ0) is 17.6. The summed E-state index contributed by atoms with van der Waals surface area (Å²) in [4.78, 5) is 11.2. The monoisotopic (exact) mass is 336 g/mol. The third-order valence-electron chi connectivity index (χ3n) is 4.61. The van der Waals surface area contributed by atoms with Gasteiger partial charge in [-0.3, -0.25) is 0 Å². The standard InChI is InChI=1S/C18H20N6O/c1-11-5-12(6-13-9-23(2)4-3-15(11)13)16-8-20-17(19)18(22-16)24-10-14(25)7-21-24/h5-8,10,25H,3-4,9H2,1-2H3,(H2,19,20). The summed E-state index contributed by atoms with van der Waals surface area (Å²) >= 11 is 0. The molecule has 0 radical (unpaired) electrons. The molecule has 0 bridgehead atoms. The summed E-state index contributed by atoms with van der Waals surface area (Å²) in [7, 11) is 2.14. The van der Waals surface area contributed by atoms with Crippen molar-refractivity contribution >= 4 is 5.82 Å². The van der Waals surface area contributed by atoms with E-state index in [1.165, 1.54) is 33.8 Å². The molecular weight excluding hydrogens is 316 g/mol. The number of anilines is 1. The van der Waals surface area contributed by atoms with Crippen LogP contribution in [0.15, 0.2) is 30.7 Å². The molecule has 0 saturated carbocycles. The highest BCUT2D eigenvalue weighted by Gasteiger charge is 2.17. The third kappa shape index (κ3) is 2.83. The molecule has 2 aromatic heterocycles. The largest absolute Gasteiger partial charge is 0.505 e. The Morgan fingerprint density at radius 1 is 1.24 bits per heavy atom. The molecule has 1 aromatic carbocycles. The van der Waals surface area contributed by atoms with Crippen LogP contribution in [0, 0.1) is 6.92 Å². The molecule has 3 aromatic rings. The van der Waals surface area contributed by atoms with Crippen LogP contribution in [0.1, 0.15) is 16.7 Å². The highest BCUT2D eigenvalue weighted by Crippen LogP contribution is 2.29. The normalized spacial score (nSPS) is 14.5. The van der Waals surface area contributed by atoms with Gasteiger partial charge in [-0.1, -0.05) is 0 Å². The fourth-order valence-corrected chi connectivity index (χ4v) is 3.33. The van der Waals surface area contributed by atoms with Gasteiger partial charge in [-0.05, 0) is 49.2 Å². The summed E-state index contributed by atoms with van der Waals surface area (Å²) in [6.45, 7) is 4.17. The molecule has 0 unspecified atom stereocenters. The van der Waals surface area contributed by atoms with Crippen LogP contribution in [0.25, 0.3) is 17.1 Å². The number of nitrogens with two attached hydrogens (primary N) is 1. The quantitative estimate of drug-likeness (QED) is 0.742. The number of nitrogens with zero attached hydrogens (tertiary/aromatic N) is 5. The second kappa shape index (κ2) is 5.86. The number of rotatable bonds is 2. The van der Waals surface area contributed by atoms with E-state index in [4.69, 9.17) is 5.73 Å². The summed E-state index contributed by atoms with van der Waals surface area (Å²) in [5, 5.41) is 13.6. The van der Waals surface area contributed by atoms with Gasteiger partial charge in [0.05, 0.1) is 24.3 Å². The predicted molar refractivity (Wildman–Crippen MR) is 95.4 cm³/mol. The van der Waals surface area contributed by atoms with Gasteiger partial charge < -0.3 is 15.7 Å². The molecule has 0 saturated heterocycles. The van der Waals surface area contributed by atoms with E-state index in [2.05, 4.69) is 46.1 Å². The van der Waals surface area contributed by atoms with E-state index in [1.54, 1.807) is 6.20 Å². The van der Waals surface area contributed by atoms with Crippen molar-refractivity contribution in [2.45, 2.75) is 19.9 Å². The minimum absolute atomic E-state index is 0.0549. The van der Waals surface area contributed by atoms with E-state index in [0.29, 0.717) is 5.82 Å². The first-order valence-corrected chi connectivity index (χ1v) is 8.19. The van der Waals surface area contributed by atoms with Gasteiger partial charge >= 0.3 is 0 Å². The number of aromatic nitrogens is 4. The van der Waals surface area contributed by atoms with E-state index in [-0.39, 0.29) is 11.6 Å². The van der Waals surface area contributed by atoms with Crippen LogP contribution in [0.2, 0.25) is 0 Å². The van der Waals surface area contributed by atoms with Crippen molar-refractivity contribution in [3.05, 3.63) is 47.4 Å². The van der Waals surface area contributed by atoms with E-state index in [1.807, 2.05) is 0 Å². The van der Waals surface area contributed by atoms with Crippen molar-refractivity contribution in [1.29, 1.82) is 0 Å². The number of aryl methyl sites for hydroxylation is 1. The van der Waals surface area contributed by atoms with Crippen molar-refractivity contribution in [1.82, 2.24) is 24.6 Å². The number of fused-ring (bicyclic) bond motifs is 1. The maximum Gasteiger partial charge on any atom is 0.197 e. The topological polar surface area (TPSA) is 93.1 Å². The van der Waals surface area contributed by atoms with E-state index >= 15 is 0 Å². The molecule has 1 aliphatic heterocycles. The summed E-state index contributed by atoms with van der Waals surface area (Å²) < 4.78 is 1.43. The van der Waals surface area contributed by atoms with Crippen LogP contribution in [0.4, 0.5) is 5.82 Å². The fraction of sp³-hybridized carbons (Fsp3) is 0.278. The fourth-order valence-electron chi connectivity index (χ4n) is 3.33. The molecule has 1 aliphatic rings. The van der Waals surface area contributed by atoms with Crippen molar-refractivity contribution in [3.63, 3.8) is 0 Å². The van der Waals surface area contributed by atoms with Crippen LogP contribution in [0.3, 0.4) is 0 Å². The predicted octanol–water partition coefficient (Wildman–Crippen LogP) is 1.91. The van der Waals surface area contributed by atoms with E-state index in [9.17, 15) is 5.11 Å². The molecule has 3 heterocycles. The van der Waals surface area contributed by atoms with Gasteiger partial charge in [0, 0.05) is 18.7 Å². The summed E-state index contributed by atoms with van der Waals surface area (Å²) in [6, 6.07) is 4.33. The Labute approximate surface area is 145 Å². The maximum absolute atomic E-state index is 9.51. The van der Waals surface area contributed by atoms with E-state index in [0.717, 1.165) is 30.8 Å². The first-order chi connectivity index (χ1) is 12.0. The van der Waals surface area contributed by atoms with Crippen LogP contribution in [-0.4, -0.2) is 43.3 Å². The van der Waals surface area contributed by atoms with Crippen LogP contribution in [-0.2, 0) is 13.0 Å². The van der Waals surface area contributed by atoms with Gasteiger partial charge in [-0.2, -0.15) is 5.10 Å². The Bertz CT molecular complexity index is 949. The van der Waals surface area contributed by atoms with Crippen LogP contribution in [0.5, 0.6) is 5.75 Å². The molecule has 0 spiro atoms. The molecule has 0 fully saturated rings. The first kappa shape index (κ1) is 15.6. The zero-order valence-corrected chi connectivity index (χ0v) is 14.3. The van der Waals surface area contributed by atoms with Gasteiger partial charge in [-0.25, -0.2) is 14.6 Å². The Kier molecular flexibility index (Phi) is 3.65. The summed E-state index contributed by atoms with van der Waals surface area (Å²) in [6.07, 6.45) is 5.54. The van der Waals surface area contributed by atoms with Crippen LogP contribution >= 0.6 is 0 Å². The molecule has 25 heavy (non-hydrogen) atoms. The molecule has 4 rings (SSSR count). The highest BCUT2D eigenvalue weighted by molar-refractivity contribution is 5.65. The van der Waals surface area contributed by atoms with Gasteiger partial charge in [-0.15, -0.1) is 0 Å². The zero-order valence-electron chi connectivity index (χ0n) is 14.3. The molecule has 0 amide bonds. The Hall–Kier alpha value is -2.93. The Morgan fingerprint density at radius 3 is 2.84 bits per heavy atom. The Morgan fingerprint density at radius 2 is 2.08 bits per heavy atom. The lowest BCUT2D eigenvalue weighted by molar-refractivity contribution is 0.312. The molecule has 128 valence electrons. The van der Waals surface area contributed by atoms with Crippen molar-refractivity contribution in [2.24, 2.45) is 0 Å². The summed E-state index contributed by atoms with van der Waals surface area (Å²) in [5.41, 5.74) is 11.7. The molecule has 3 N–H and O–H groups in total. The smallest absolute Gasteiger partial charge is 0.197 e. The minimum Gasteiger partial charge on any atom is -0.505 e. The third-order valence-corrected chi connectivity index (χ3v) is 4.61. The van der Waals surface area contributed by atoms with Gasteiger partial charge in [0.1, 0.15) is 0 Å². The highest BCUT2D eigenvalue weighted by atomic mass is 16.3. The first-order valence-electron chi connectivity index (χ1n) is 8.19. The van der Waals surface area contributed by atoms with Crippen molar-refractivity contribution in [3.8, 4) is 22.8 Å². The number of hydrogen-bond acceptors (Lipinski definition) is 6. The average molecular weight is 336 g/mol. The number of hydrogen-bond donors (Lipinski definition) is 2.